The minimum atomic E-state index is -3.37. The van der Waals surface area contributed by atoms with E-state index in [9.17, 15) is 8.42 Å². The van der Waals surface area contributed by atoms with E-state index in [1.807, 2.05) is 30.3 Å². The second-order valence-corrected chi connectivity index (χ2v) is 9.65. The molecular formula is C19H21N3O4S2. The van der Waals surface area contributed by atoms with Gasteiger partial charge in [0.05, 0.1) is 12.7 Å². The Morgan fingerprint density at radius 3 is 2.64 bits per heavy atom. The number of benzene rings is 1. The largest absolute Gasteiger partial charge is 0.378 e. The van der Waals surface area contributed by atoms with E-state index in [4.69, 9.17) is 9.26 Å². The second-order valence-electron chi connectivity index (χ2n) is 6.54. The quantitative estimate of drug-likeness (QED) is 0.585. The van der Waals surface area contributed by atoms with Crippen LogP contribution in [0.15, 0.2) is 56.6 Å². The lowest BCUT2D eigenvalue weighted by Gasteiger charge is -2.30. The molecule has 28 heavy (non-hydrogen) atoms. The molecule has 0 saturated carbocycles. The van der Waals surface area contributed by atoms with Crippen molar-refractivity contribution in [3.63, 3.8) is 0 Å². The molecule has 0 spiro atoms. The summed E-state index contributed by atoms with van der Waals surface area (Å²) < 4.78 is 38.2. The number of nitrogens with zero attached hydrogens (tertiary/aromatic N) is 3. The number of thiophene rings is 1. The Labute approximate surface area is 168 Å². The average molecular weight is 420 g/mol. The van der Waals surface area contributed by atoms with Crippen LogP contribution in [0.2, 0.25) is 0 Å². The molecule has 4 rings (SSSR count). The maximum absolute atomic E-state index is 12.5. The number of hydrogen-bond acceptors (Lipinski definition) is 7. The molecule has 0 unspecified atom stereocenters. The first kappa shape index (κ1) is 19.3. The van der Waals surface area contributed by atoms with E-state index in [0.717, 1.165) is 5.56 Å². The van der Waals surface area contributed by atoms with Crippen LogP contribution >= 0.6 is 11.3 Å². The second kappa shape index (κ2) is 8.52. The third-order valence-corrected chi connectivity index (χ3v) is 7.93. The number of rotatable bonds is 7. The molecule has 1 fully saturated rings. The first-order chi connectivity index (χ1) is 13.6. The highest BCUT2D eigenvalue weighted by molar-refractivity contribution is 7.91. The van der Waals surface area contributed by atoms with Crippen molar-refractivity contribution >= 4 is 21.4 Å². The van der Waals surface area contributed by atoms with Gasteiger partial charge in [-0.1, -0.05) is 29.4 Å². The molecule has 148 valence electrons. The zero-order chi connectivity index (χ0) is 19.4. The van der Waals surface area contributed by atoms with Crippen molar-refractivity contribution in [2.45, 2.75) is 29.6 Å². The van der Waals surface area contributed by atoms with Gasteiger partial charge in [0.25, 0.3) is 15.9 Å². The lowest BCUT2D eigenvalue weighted by molar-refractivity contribution is 0.0222. The van der Waals surface area contributed by atoms with E-state index in [1.54, 1.807) is 21.8 Å². The molecule has 0 atom stereocenters. The van der Waals surface area contributed by atoms with Crippen LogP contribution in [-0.2, 0) is 21.2 Å². The molecule has 3 aromatic rings. The third-order valence-electron chi connectivity index (χ3n) is 4.66. The highest BCUT2D eigenvalue weighted by atomic mass is 32.2. The van der Waals surface area contributed by atoms with Crippen LogP contribution in [0, 0.1) is 0 Å². The van der Waals surface area contributed by atoms with Crippen molar-refractivity contribution in [1.82, 2.24) is 14.4 Å². The molecule has 1 aliphatic heterocycles. The van der Waals surface area contributed by atoms with Gasteiger partial charge in [-0.25, -0.2) is 8.42 Å². The Hall–Kier alpha value is -2.07. The maximum atomic E-state index is 12.5. The third kappa shape index (κ3) is 4.33. The predicted molar refractivity (Wildman–Crippen MR) is 105 cm³/mol. The smallest absolute Gasteiger partial charge is 0.257 e. The summed E-state index contributed by atoms with van der Waals surface area (Å²) >= 11 is 1.25. The number of sulfonamides is 1. The fraction of sp³-hybridized carbons (Fsp3) is 0.368. The van der Waals surface area contributed by atoms with Crippen LogP contribution in [0.5, 0.6) is 0 Å². The first-order valence-electron chi connectivity index (χ1n) is 9.16. The van der Waals surface area contributed by atoms with Crippen molar-refractivity contribution in [1.29, 1.82) is 0 Å². The standard InChI is InChI=1S/C19H21N3O4S2/c23-28(24,18-7-4-14-27-18)22-11-8-16(9-12-22)25-13-10-17-20-19(26-21-17)15-5-2-1-3-6-15/h1-7,14,16H,8-13H2. The van der Waals surface area contributed by atoms with E-state index in [1.165, 1.54) is 11.3 Å². The summed E-state index contributed by atoms with van der Waals surface area (Å²) in [7, 11) is -3.37. The fourth-order valence-corrected chi connectivity index (χ4v) is 5.76. The SMILES string of the molecule is O=S(=O)(c1cccs1)N1CCC(OCCc2noc(-c3ccccc3)n2)CC1. The van der Waals surface area contributed by atoms with Gasteiger partial charge in [-0.15, -0.1) is 11.3 Å². The summed E-state index contributed by atoms with van der Waals surface area (Å²) in [5.74, 6) is 1.11. The molecule has 1 aromatic carbocycles. The van der Waals surface area contributed by atoms with E-state index in [0.29, 0.717) is 54.9 Å². The van der Waals surface area contributed by atoms with Gasteiger partial charge in [-0.3, -0.25) is 0 Å². The Kier molecular flexibility index (Phi) is 5.86. The Balaban J connectivity index is 1.24. The molecule has 2 aromatic heterocycles. The van der Waals surface area contributed by atoms with E-state index in [-0.39, 0.29) is 6.10 Å². The molecule has 1 saturated heterocycles. The fourth-order valence-electron chi connectivity index (χ4n) is 3.15. The van der Waals surface area contributed by atoms with Crippen LogP contribution in [0.3, 0.4) is 0 Å². The van der Waals surface area contributed by atoms with Crippen LogP contribution in [0.25, 0.3) is 11.5 Å². The number of ether oxygens (including phenoxy) is 1. The monoisotopic (exact) mass is 419 g/mol. The minimum Gasteiger partial charge on any atom is -0.378 e. The molecule has 0 N–H and O–H groups in total. The van der Waals surface area contributed by atoms with Crippen LogP contribution in [0.4, 0.5) is 0 Å². The molecule has 1 aliphatic rings. The molecule has 0 aliphatic carbocycles. The molecule has 0 bridgehead atoms. The molecule has 7 nitrogen and oxygen atoms in total. The van der Waals surface area contributed by atoms with Gasteiger partial charge in [0.15, 0.2) is 5.82 Å². The van der Waals surface area contributed by atoms with Crippen molar-refractivity contribution in [3.8, 4) is 11.5 Å². The molecule has 9 heteroatoms. The highest BCUT2D eigenvalue weighted by Gasteiger charge is 2.30. The molecular weight excluding hydrogens is 398 g/mol. The van der Waals surface area contributed by atoms with Gasteiger partial charge < -0.3 is 9.26 Å². The topological polar surface area (TPSA) is 85.5 Å². The summed E-state index contributed by atoms with van der Waals surface area (Å²) in [6.45, 7) is 1.44. The van der Waals surface area contributed by atoms with Gasteiger partial charge in [0, 0.05) is 25.1 Å². The number of piperidine rings is 1. The van der Waals surface area contributed by atoms with Gasteiger partial charge in [0.2, 0.25) is 0 Å². The van der Waals surface area contributed by atoms with Crippen LogP contribution < -0.4 is 0 Å². The zero-order valence-corrected chi connectivity index (χ0v) is 16.9. The van der Waals surface area contributed by atoms with Gasteiger partial charge in [-0.2, -0.15) is 9.29 Å². The minimum absolute atomic E-state index is 0.0512. The lowest BCUT2D eigenvalue weighted by atomic mass is 10.1. The summed E-state index contributed by atoms with van der Waals surface area (Å²) in [4.78, 5) is 4.39. The number of aromatic nitrogens is 2. The van der Waals surface area contributed by atoms with Crippen molar-refractivity contribution in [3.05, 3.63) is 53.7 Å². The molecule has 3 heterocycles. The maximum Gasteiger partial charge on any atom is 0.257 e. The zero-order valence-electron chi connectivity index (χ0n) is 15.2. The molecule has 0 radical (unpaired) electrons. The average Bonchev–Trinajstić information content (AvgIpc) is 3.42. The van der Waals surface area contributed by atoms with Crippen molar-refractivity contribution in [2.75, 3.05) is 19.7 Å². The van der Waals surface area contributed by atoms with Gasteiger partial charge in [-0.05, 0) is 36.4 Å². The predicted octanol–water partition coefficient (Wildman–Crippen LogP) is 3.21. The summed E-state index contributed by atoms with van der Waals surface area (Å²) in [5, 5.41) is 5.78. The van der Waals surface area contributed by atoms with E-state index in [2.05, 4.69) is 10.1 Å². The normalized spacial score (nSPS) is 16.4. The van der Waals surface area contributed by atoms with Gasteiger partial charge >= 0.3 is 0 Å². The molecule has 0 amide bonds. The van der Waals surface area contributed by atoms with Crippen molar-refractivity contribution in [2.24, 2.45) is 0 Å². The van der Waals surface area contributed by atoms with Gasteiger partial charge in [0.1, 0.15) is 4.21 Å². The highest BCUT2D eigenvalue weighted by Crippen LogP contribution is 2.25. The van der Waals surface area contributed by atoms with Crippen LogP contribution in [0.1, 0.15) is 18.7 Å². The Morgan fingerprint density at radius 1 is 1.14 bits per heavy atom. The first-order valence-corrected chi connectivity index (χ1v) is 11.5. The van der Waals surface area contributed by atoms with E-state index >= 15 is 0 Å². The van der Waals surface area contributed by atoms with Crippen molar-refractivity contribution < 1.29 is 17.7 Å². The van der Waals surface area contributed by atoms with Crippen LogP contribution in [-0.4, -0.2) is 48.7 Å². The van der Waals surface area contributed by atoms with E-state index < -0.39 is 10.0 Å². The summed E-state index contributed by atoms with van der Waals surface area (Å²) in [6.07, 6.45) is 1.98. The summed E-state index contributed by atoms with van der Waals surface area (Å²) in [5.41, 5.74) is 0.890. The summed E-state index contributed by atoms with van der Waals surface area (Å²) in [6, 6.07) is 13.0. The Bertz CT molecular complexity index is 979. The number of hydrogen-bond donors (Lipinski definition) is 0. The Morgan fingerprint density at radius 2 is 1.93 bits per heavy atom. The lowest BCUT2D eigenvalue weighted by Crippen LogP contribution is -2.40.